The van der Waals surface area contributed by atoms with Gasteiger partial charge in [0.1, 0.15) is 12.4 Å². The fraction of sp³-hybridized carbons (Fsp3) is 0.238. The zero-order valence-corrected chi connectivity index (χ0v) is 18.9. The molecule has 0 unspecified atom stereocenters. The summed E-state index contributed by atoms with van der Waals surface area (Å²) in [6.07, 6.45) is 0. The molecule has 2 N–H and O–H groups in total. The van der Waals surface area contributed by atoms with E-state index in [9.17, 15) is 9.59 Å². The van der Waals surface area contributed by atoms with E-state index in [1.807, 2.05) is 38.1 Å². The molecule has 0 atom stereocenters. The Kier molecular flexibility index (Phi) is 7.54. The van der Waals surface area contributed by atoms with Crippen LogP contribution in [0.2, 0.25) is 5.02 Å². The van der Waals surface area contributed by atoms with Crippen molar-refractivity contribution < 1.29 is 14.3 Å². The summed E-state index contributed by atoms with van der Waals surface area (Å²) in [4.78, 5) is 24.2. The molecule has 3 amide bonds. The number of nitrogens with one attached hydrogen (secondary N) is 2. The van der Waals surface area contributed by atoms with Gasteiger partial charge in [-0.1, -0.05) is 47.6 Å². The van der Waals surface area contributed by atoms with Crippen molar-refractivity contribution in [2.45, 2.75) is 25.6 Å². The SMILES string of the molecule is Cc1cccc(NC(=O)NC(=O)CSc2nnc(COc3ccccc3Cl)n2C)c1C. The number of rotatable bonds is 7. The third kappa shape index (κ3) is 5.99. The minimum atomic E-state index is -0.578. The molecule has 0 aliphatic carbocycles. The number of benzene rings is 2. The molecule has 0 saturated heterocycles. The van der Waals surface area contributed by atoms with E-state index >= 15 is 0 Å². The Hall–Kier alpha value is -3.04. The number of halogens is 1. The summed E-state index contributed by atoms with van der Waals surface area (Å²) in [7, 11) is 1.78. The van der Waals surface area contributed by atoms with Gasteiger partial charge in [0.05, 0.1) is 10.8 Å². The topological polar surface area (TPSA) is 98.1 Å². The van der Waals surface area contributed by atoms with Gasteiger partial charge in [0.25, 0.3) is 0 Å². The van der Waals surface area contributed by atoms with Gasteiger partial charge in [-0.25, -0.2) is 4.79 Å². The van der Waals surface area contributed by atoms with E-state index in [2.05, 4.69) is 20.8 Å². The van der Waals surface area contributed by atoms with E-state index in [1.54, 1.807) is 29.8 Å². The smallest absolute Gasteiger partial charge is 0.325 e. The normalized spacial score (nSPS) is 10.6. The highest BCUT2D eigenvalue weighted by Gasteiger charge is 2.14. The number of aryl methyl sites for hydroxylation is 1. The standard InChI is InChI=1S/C21H22ClN5O3S/c1-13-7-6-9-16(14(13)2)23-20(29)24-19(28)12-31-21-26-25-18(27(21)3)11-30-17-10-5-4-8-15(17)22/h4-10H,11-12H2,1-3H3,(H2,23,24,28,29). The fourth-order valence-corrected chi connectivity index (χ4v) is 3.55. The van der Waals surface area contributed by atoms with Crippen LogP contribution in [0.4, 0.5) is 10.5 Å². The maximum Gasteiger partial charge on any atom is 0.325 e. The molecule has 3 rings (SSSR count). The number of para-hydroxylation sites is 1. The molecule has 162 valence electrons. The largest absolute Gasteiger partial charge is 0.484 e. The van der Waals surface area contributed by atoms with Crippen LogP contribution in [0.15, 0.2) is 47.6 Å². The van der Waals surface area contributed by atoms with E-state index in [4.69, 9.17) is 16.3 Å². The van der Waals surface area contributed by atoms with Gasteiger partial charge in [0.15, 0.2) is 11.0 Å². The molecule has 8 nitrogen and oxygen atoms in total. The lowest BCUT2D eigenvalue weighted by Gasteiger charge is -2.10. The third-order valence-electron chi connectivity index (χ3n) is 4.56. The van der Waals surface area contributed by atoms with Crippen molar-refractivity contribution in [3.63, 3.8) is 0 Å². The fourth-order valence-electron chi connectivity index (χ4n) is 2.63. The maximum atomic E-state index is 12.1. The van der Waals surface area contributed by atoms with Crippen molar-refractivity contribution in [1.82, 2.24) is 20.1 Å². The zero-order valence-electron chi connectivity index (χ0n) is 17.3. The summed E-state index contributed by atoms with van der Waals surface area (Å²) < 4.78 is 7.40. The number of imide groups is 1. The molecule has 0 bridgehead atoms. The highest BCUT2D eigenvalue weighted by Crippen LogP contribution is 2.24. The van der Waals surface area contributed by atoms with E-state index in [0.29, 0.717) is 27.4 Å². The number of hydrogen-bond donors (Lipinski definition) is 2. The first-order valence-electron chi connectivity index (χ1n) is 9.40. The number of carbonyl (C=O) groups excluding carboxylic acids is 2. The average Bonchev–Trinajstić information content (AvgIpc) is 3.09. The van der Waals surface area contributed by atoms with Gasteiger partial charge >= 0.3 is 6.03 Å². The average molecular weight is 460 g/mol. The van der Waals surface area contributed by atoms with Gasteiger partial charge in [0.2, 0.25) is 5.91 Å². The summed E-state index contributed by atoms with van der Waals surface area (Å²) in [5, 5.41) is 14.2. The van der Waals surface area contributed by atoms with Crippen molar-refractivity contribution in [1.29, 1.82) is 0 Å². The van der Waals surface area contributed by atoms with Crippen LogP contribution in [-0.4, -0.2) is 32.5 Å². The summed E-state index contributed by atoms with van der Waals surface area (Å²) in [6.45, 7) is 4.04. The number of carbonyl (C=O) groups is 2. The first-order valence-corrected chi connectivity index (χ1v) is 10.8. The highest BCUT2D eigenvalue weighted by molar-refractivity contribution is 7.99. The first-order chi connectivity index (χ1) is 14.8. The lowest BCUT2D eigenvalue weighted by molar-refractivity contribution is -0.117. The number of anilines is 1. The van der Waals surface area contributed by atoms with Gasteiger partial charge in [-0.3, -0.25) is 10.1 Å². The molecule has 3 aromatic rings. The summed E-state index contributed by atoms with van der Waals surface area (Å²) in [5.41, 5.74) is 2.66. The van der Waals surface area contributed by atoms with Gasteiger partial charge in [-0.2, -0.15) is 0 Å². The van der Waals surface area contributed by atoms with E-state index in [1.165, 1.54) is 11.8 Å². The molecule has 10 heteroatoms. The van der Waals surface area contributed by atoms with E-state index < -0.39 is 11.9 Å². The van der Waals surface area contributed by atoms with Crippen LogP contribution in [0.3, 0.4) is 0 Å². The molecule has 2 aromatic carbocycles. The van der Waals surface area contributed by atoms with E-state index in [0.717, 1.165) is 11.1 Å². The third-order valence-corrected chi connectivity index (χ3v) is 5.89. The second kappa shape index (κ2) is 10.3. The number of nitrogens with zero attached hydrogens (tertiary/aromatic N) is 3. The number of thioether (sulfide) groups is 1. The molecule has 1 aromatic heterocycles. The molecule has 0 aliphatic heterocycles. The minimum Gasteiger partial charge on any atom is -0.484 e. The monoisotopic (exact) mass is 459 g/mol. The van der Waals surface area contributed by atoms with Crippen LogP contribution >= 0.6 is 23.4 Å². The zero-order chi connectivity index (χ0) is 22.4. The van der Waals surface area contributed by atoms with Crippen molar-refractivity contribution in [3.05, 3.63) is 64.4 Å². The number of ether oxygens (including phenoxy) is 1. The van der Waals surface area contributed by atoms with Crippen LogP contribution in [0, 0.1) is 13.8 Å². The van der Waals surface area contributed by atoms with Crippen LogP contribution in [0.5, 0.6) is 5.75 Å². The van der Waals surface area contributed by atoms with Crippen LogP contribution in [0.25, 0.3) is 0 Å². The Balaban J connectivity index is 1.49. The number of aromatic nitrogens is 3. The minimum absolute atomic E-state index is 0.0115. The number of amides is 3. The van der Waals surface area contributed by atoms with Gasteiger partial charge in [0, 0.05) is 12.7 Å². The molecule has 0 saturated carbocycles. The molecule has 0 aliphatic rings. The highest BCUT2D eigenvalue weighted by atomic mass is 35.5. The Morgan fingerprint density at radius 3 is 2.68 bits per heavy atom. The Labute approximate surface area is 189 Å². The summed E-state index contributed by atoms with van der Waals surface area (Å²) in [6, 6.07) is 12.2. The Bertz CT molecular complexity index is 1100. The van der Waals surface area contributed by atoms with Crippen molar-refractivity contribution in [2.24, 2.45) is 7.05 Å². The predicted octanol–water partition coefficient (Wildman–Crippen LogP) is 4.10. The quantitative estimate of drug-likeness (QED) is 0.516. The van der Waals surface area contributed by atoms with Crippen LogP contribution < -0.4 is 15.4 Å². The molecule has 0 spiro atoms. The van der Waals surface area contributed by atoms with Gasteiger partial charge in [-0.05, 0) is 43.2 Å². The van der Waals surface area contributed by atoms with Crippen LogP contribution in [0.1, 0.15) is 17.0 Å². The van der Waals surface area contributed by atoms with Crippen molar-refractivity contribution in [2.75, 3.05) is 11.1 Å². The molecular weight excluding hydrogens is 438 g/mol. The summed E-state index contributed by atoms with van der Waals surface area (Å²) in [5.74, 6) is 0.702. The van der Waals surface area contributed by atoms with Crippen LogP contribution in [-0.2, 0) is 18.4 Å². The number of hydrogen-bond acceptors (Lipinski definition) is 6. The van der Waals surface area contributed by atoms with Crippen molar-refractivity contribution >= 4 is 41.0 Å². The number of urea groups is 1. The second-order valence-corrected chi connectivity index (χ2v) is 8.07. The molecule has 0 radical (unpaired) electrons. The molecular formula is C21H22ClN5O3S. The van der Waals surface area contributed by atoms with Crippen molar-refractivity contribution in [3.8, 4) is 5.75 Å². The molecule has 1 heterocycles. The Morgan fingerprint density at radius 1 is 1.13 bits per heavy atom. The second-order valence-electron chi connectivity index (χ2n) is 6.72. The molecule has 0 fully saturated rings. The van der Waals surface area contributed by atoms with Gasteiger partial charge in [-0.15, -0.1) is 10.2 Å². The molecule has 31 heavy (non-hydrogen) atoms. The maximum absolute atomic E-state index is 12.1. The predicted molar refractivity (Wildman–Crippen MR) is 121 cm³/mol. The summed E-state index contributed by atoms with van der Waals surface area (Å²) >= 11 is 7.25. The van der Waals surface area contributed by atoms with E-state index in [-0.39, 0.29) is 12.4 Å². The Morgan fingerprint density at radius 2 is 1.90 bits per heavy atom. The lowest BCUT2D eigenvalue weighted by Crippen LogP contribution is -2.35. The van der Waals surface area contributed by atoms with Gasteiger partial charge < -0.3 is 14.6 Å². The first kappa shape index (κ1) is 22.6. The lowest BCUT2D eigenvalue weighted by atomic mass is 10.1.